The normalized spacial score (nSPS) is 22.4. The summed E-state index contributed by atoms with van der Waals surface area (Å²) >= 11 is 6.32. The number of hydrogen-bond acceptors (Lipinski definition) is 6. The molecule has 2 aromatic heterocycles. The maximum Gasteiger partial charge on any atom is 0.251 e. The molecule has 2 aromatic carbocycles. The maximum atomic E-state index is 15.3. The molecule has 8 nitrogen and oxygen atoms in total. The molecule has 0 amide bonds. The second-order valence-corrected chi connectivity index (χ2v) is 10.9. The molecule has 0 radical (unpaired) electrons. The highest BCUT2D eigenvalue weighted by Gasteiger charge is 2.55. The van der Waals surface area contributed by atoms with E-state index in [1.54, 1.807) is 41.0 Å². The van der Waals surface area contributed by atoms with Crippen molar-refractivity contribution >= 4 is 28.6 Å². The lowest BCUT2D eigenvalue weighted by Gasteiger charge is -2.20. The number of benzene rings is 2. The Morgan fingerprint density at radius 2 is 1.97 bits per heavy atom. The minimum atomic E-state index is -0.671. The van der Waals surface area contributed by atoms with Crippen LogP contribution in [0.1, 0.15) is 41.6 Å². The number of allylic oxidation sites excluding steroid dienone is 1. The summed E-state index contributed by atoms with van der Waals surface area (Å²) in [5, 5.41) is 15.1. The molecule has 1 aliphatic carbocycles. The van der Waals surface area contributed by atoms with E-state index < -0.39 is 11.8 Å². The lowest BCUT2D eigenvalue weighted by Crippen LogP contribution is -2.29. The number of fused-ring (bicyclic) bond motifs is 4. The van der Waals surface area contributed by atoms with Crippen LogP contribution in [0.25, 0.3) is 22.4 Å². The molecule has 5 heterocycles. The second-order valence-electron chi connectivity index (χ2n) is 10.4. The number of aliphatic imine (C=N–C) groups is 1. The molecule has 1 N–H and O–H groups in total. The van der Waals surface area contributed by atoms with Gasteiger partial charge < -0.3 is 9.88 Å². The number of nitrogens with zero attached hydrogens (tertiary/aromatic N) is 6. The van der Waals surface area contributed by atoms with Crippen LogP contribution < -0.4 is 10.9 Å². The highest BCUT2D eigenvalue weighted by molar-refractivity contribution is 6.31. The standard InChI is InChI=1S/C28H20ClF2N7O/c29-14-1-4-23(37-12-33-35-36-37)17(9-14)13-7-24-18-10-19(18)27(38(24)25(39)8-13)22-11-20(28(31)34-22)15-2-3-21-16(26(15)30)5-6-32-21/h1-4,7-9,12,18-19,27,32H,5-6,10-11H2. The Morgan fingerprint density at radius 1 is 1.08 bits per heavy atom. The highest BCUT2D eigenvalue weighted by Crippen LogP contribution is 2.60. The summed E-state index contributed by atoms with van der Waals surface area (Å²) in [6.07, 6.45) is 3.11. The maximum absolute atomic E-state index is 15.3. The van der Waals surface area contributed by atoms with E-state index in [0.717, 1.165) is 23.4 Å². The van der Waals surface area contributed by atoms with E-state index in [4.69, 9.17) is 11.6 Å². The Hall–Kier alpha value is -4.18. The van der Waals surface area contributed by atoms with Crippen molar-refractivity contribution in [3.63, 3.8) is 0 Å². The topological polar surface area (TPSA) is 90.0 Å². The Labute approximate surface area is 225 Å². The van der Waals surface area contributed by atoms with Gasteiger partial charge in [0.05, 0.1) is 11.7 Å². The van der Waals surface area contributed by atoms with Crippen LogP contribution in [0.4, 0.5) is 14.5 Å². The van der Waals surface area contributed by atoms with Crippen LogP contribution in [0, 0.1) is 11.7 Å². The molecule has 194 valence electrons. The number of anilines is 1. The number of rotatable bonds is 4. The van der Waals surface area contributed by atoms with Gasteiger partial charge in [0.2, 0.25) is 5.95 Å². The molecule has 1 saturated carbocycles. The number of pyridine rings is 1. The summed E-state index contributed by atoms with van der Waals surface area (Å²) in [5.41, 5.74) is 5.22. The van der Waals surface area contributed by atoms with Crippen molar-refractivity contribution in [2.45, 2.75) is 31.2 Å². The van der Waals surface area contributed by atoms with Crippen molar-refractivity contribution in [3.8, 4) is 16.8 Å². The number of aromatic nitrogens is 5. The first-order valence-electron chi connectivity index (χ1n) is 12.8. The fraction of sp³-hybridized carbons (Fsp3) is 0.250. The summed E-state index contributed by atoms with van der Waals surface area (Å²) in [6, 6.07) is 12.0. The fourth-order valence-electron chi connectivity index (χ4n) is 6.49. The first kappa shape index (κ1) is 22.8. The molecule has 3 aliphatic heterocycles. The average Bonchev–Trinajstić information content (AvgIpc) is 3.37. The van der Waals surface area contributed by atoms with Crippen molar-refractivity contribution < 1.29 is 8.78 Å². The SMILES string of the molecule is O=c1cc(-c2cc(Cl)ccc2-n2cnnn2)cc2n1C(C1=NC(F)=C(c3ccc4c(c3F)CCN4)C1)C1CC21. The number of halogens is 3. The molecule has 1 fully saturated rings. The summed E-state index contributed by atoms with van der Waals surface area (Å²) in [7, 11) is 0. The van der Waals surface area contributed by atoms with Gasteiger partial charge in [-0.05, 0) is 71.1 Å². The lowest BCUT2D eigenvalue weighted by molar-refractivity contribution is 0.579. The van der Waals surface area contributed by atoms with Crippen molar-refractivity contribution in [1.29, 1.82) is 0 Å². The Bertz CT molecular complexity index is 1830. The van der Waals surface area contributed by atoms with Gasteiger partial charge in [-0.1, -0.05) is 11.6 Å². The molecule has 0 saturated heterocycles. The number of hydrogen-bond donors (Lipinski definition) is 1. The van der Waals surface area contributed by atoms with E-state index in [1.165, 1.54) is 11.0 Å². The molecule has 0 spiro atoms. The van der Waals surface area contributed by atoms with Gasteiger partial charge in [0.1, 0.15) is 12.1 Å². The van der Waals surface area contributed by atoms with Crippen LogP contribution in [0.15, 0.2) is 64.5 Å². The van der Waals surface area contributed by atoms with Crippen LogP contribution in [-0.4, -0.2) is 37.0 Å². The van der Waals surface area contributed by atoms with Gasteiger partial charge in [-0.15, -0.1) is 5.10 Å². The molecule has 11 heteroatoms. The first-order valence-corrected chi connectivity index (χ1v) is 13.2. The third-order valence-corrected chi connectivity index (χ3v) is 8.55. The Morgan fingerprint density at radius 3 is 2.82 bits per heavy atom. The largest absolute Gasteiger partial charge is 0.384 e. The van der Waals surface area contributed by atoms with Gasteiger partial charge in [-0.2, -0.15) is 9.07 Å². The van der Waals surface area contributed by atoms with Gasteiger partial charge in [0.15, 0.2) is 0 Å². The molecule has 0 bridgehead atoms. The summed E-state index contributed by atoms with van der Waals surface area (Å²) in [4.78, 5) is 17.9. The molecule has 3 unspecified atom stereocenters. The van der Waals surface area contributed by atoms with Crippen molar-refractivity contribution in [2.24, 2.45) is 10.9 Å². The van der Waals surface area contributed by atoms with Crippen LogP contribution in [-0.2, 0) is 6.42 Å². The molecule has 4 aliphatic rings. The van der Waals surface area contributed by atoms with E-state index in [9.17, 15) is 4.79 Å². The van der Waals surface area contributed by atoms with E-state index >= 15 is 8.78 Å². The van der Waals surface area contributed by atoms with E-state index in [0.29, 0.717) is 40.5 Å². The predicted molar refractivity (Wildman–Crippen MR) is 142 cm³/mol. The molecule has 4 aromatic rings. The summed E-state index contributed by atoms with van der Waals surface area (Å²) in [6.45, 7) is 0.665. The number of nitrogens with one attached hydrogen (secondary N) is 1. The third kappa shape index (κ3) is 3.37. The molecule has 8 rings (SSSR count). The monoisotopic (exact) mass is 543 g/mol. The average molecular weight is 544 g/mol. The van der Waals surface area contributed by atoms with Gasteiger partial charge in [0, 0.05) is 69.3 Å². The lowest BCUT2D eigenvalue weighted by atomic mass is 9.95. The van der Waals surface area contributed by atoms with Crippen LogP contribution in [0.2, 0.25) is 5.02 Å². The quantitative estimate of drug-likeness (QED) is 0.362. The van der Waals surface area contributed by atoms with Gasteiger partial charge in [-0.25, -0.2) is 9.38 Å². The summed E-state index contributed by atoms with van der Waals surface area (Å²) in [5.74, 6) is -0.728. The molecule has 39 heavy (non-hydrogen) atoms. The molecular weight excluding hydrogens is 524 g/mol. The Balaban J connectivity index is 1.16. The van der Waals surface area contributed by atoms with E-state index in [2.05, 4.69) is 25.8 Å². The molecule has 3 atom stereocenters. The van der Waals surface area contributed by atoms with Crippen molar-refractivity contribution in [2.75, 3.05) is 11.9 Å². The minimum absolute atomic E-state index is 0.159. The minimum Gasteiger partial charge on any atom is -0.384 e. The van der Waals surface area contributed by atoms with E-state index in [-0.39, 0.29) is 41.0 Å². The second kappa shape index (κ2) is 8.16. The smallest absolute Gasteiger partial charge is 0.251 e. The zero-order valence-electron chi connectivity index (χ0n) is 20.4. The van der Waals surface area contributed by atoms with E-state index in [1.807, 2.05) is 6.07 Å². The molecular formula is C28H20ClF2N7O. The third-order valence-electron chi connectivity index (χ3n) is 8.32. The number of tetrazole rings is 1. The predicted octanol–water partition coefficient (Wildman–Crippen LogP) is 5.09. The first-order chi connectivity index (χ1) is 19.0. The van der Waals surface area contributed by atoms with Crippen LogP contribution in [0.5, 0.6) is 0 Å². The van der Waals surface area contributed by atoms with Crippen molar-refractivity contribution in [3.05, 3.63) is 92.8 Å². The highest BCUT2D eigenvalue weighted by atomic mass is 35.5. The Kier molecular flexibility index (Phi) is 4.76. The van der Waals surface area contributed by atoms with Crippen molar-refractivity contribution in [1.82, 2.24) is 24.8 Å². The fourth-order valence-corrected chi connectivity index (χ4v) is 6.66. The van der Waals surface area contributed by atoms with Gasteiger partial charge in [0.25, 0.3) is 5.56 Å². The van der Waals surface area contributed by atoms with Crippen LogP contribution >= 0.6 is 11.6 Å². The zero-order chi connectivity index (χ0) is 26.4. The van der Waals surface area contributed by atoms with Gasteiger partial charge in [-0.3, -0.25) is 4.79 Å². The van der Waals surface area contributed by atoms with Gasteiger partial charge >= 0.3 is 0 Å². The zero-order valence-corrected chi connectivity index (χ0v) is 21.2. The summed E-state index contributed by atoms with van der Waals surface area (Å²) < 4.78 is 33.8. The van der Waals surface area contributed by atoms with Crippen LogP contribution in [0.3, 0.4) is 0 Å².